The Morgan fingerprint density at radius 2 is 0.839 bits per heavy atom. The monoisotopic (exact) mass is 719 g/mol. The molecule has 3 aromatic heterocycles. The first kappa shape index (κ1) is 27.1. The highest BCUT2D eigenvalue weighted by molar-refractivity contribution is 6.12. The minimum Gasteiger partial charge on any atom is -0.309 e. The van der Waals surface area contributed by atoms with Gasteiger partial charge < -0.3 is 4.57 Å². The van der Waals surface area contributed by atoms with Gasteiger partial charge in [-0.1, -0.05) is 146 Å². The van der Waals surface area contributed by atoms with Crippen molar-refractivity contribution in [2.75, 3.05) is 0 Å². The molecule has 56 heavy (non-hydrogen) atoms. The Morgan fingerprint density at radius 3 is 1.57 bits per heavy atom. The molecule has 0 spiro atoms. The van der Waals surface area contributed by atoms with Gasteiger partial charge in [0.2, 0.25) is 5.95 Å². The number of benzene rings is 8. The molecule has 262 valence electrons. The van der Waals surface area contributed by atoms with Gasteiger partial charge in [-0.2, -0.15) is 0 Å². The summed E-state index contributed by atoms with van der Waals surface area (Å²) in [6.45, 7) is 0. The van der Waals surface area contributed by atoms with Gasteiger partial charge in [-0.05, 0) is 87.4 Å². The van der Waals surface area contributed by atoms with Crippen molar-refractivity contribution < 1.29 is 6.85 Å². The topological polar surface area (TPSA) is 35.6 Å². The molecule has 0 aliphatic rings. The summed E-state index contributed by atoms with van der Waals surface area (Å²) >= 11 is 0. The molecule has 0 saturated heterocycles. The largest absolute Gasteiger partial charge is 0.309 e. The molecule has 0 bridgehead atoms. The number of fused-ring (bicyclic) bond motifs is 6. The molecular weight excluding hydrogens is 681 g/mol. The third-order valence-corrected chi connectivity index (χ3v) is 10.7. The molecule has 0 aliphatic carbocycles. The van der Waals surface area contributed by atoms with E-state index in [1.165, 1.54) is 11.1 Å². The van der Waals surface area contributed by atoms with Crippen LogP contribution in [0.2, 0.25) is 0 Å². The first-order chi connectivity index (χ1) is 29.8. The van der Waals surface area contributed by atoms with Gasteiger partial charge in [0.05, 0.1) is 28.9 Å². The van der Waals surface area contributed by atoms with Gasteiger partial charge in [0.1, 0.15) is 0 Å². The summed E-state index contributed by atoms with van der Waals surface area (Å²) in [5.41, 5.74) is 12.1. The van der Waals surface area contributed by atoms with Gasteiger partial charge in [-0.25, -0.2) is 9.97 Å². The number of para-hydroxylation sites is 3. The average Bonchev–Trinajstić information content (AvgIpc) is 3.83. The standard InChI is InChI=1S/C52H34N4/c1-3-12-35(13-4-1)38-14-11-15-39(30-38)36-22-24-37(25-23-36)42-33-53-52(54-34-42)56-49-21-10-8-19-45(49)47-31-40(27-29-50(47)56)41-26-28-46-44-18-7-9-20-48(44)55(51(46)32-41)43-16-5-2-6-17-43/h1-34H/i2D,5D,6D,16D,17D. The van der Waals surface area contributed by atoms with Crippen LogP contribution in [-0.2, 0) is 0 Å². The Kier molecular flexibility index (Phi) is 6.33. The van der Waals surface area contributed by atoms with E-state index < -0.39 is 6.04 Å². The predicted molar refractivity (Wildman–Crippen MR) is 232 cm³/mol. The van der Waals surface area contributed by atoms with Crippen LogP contribution in [0, 0.1) is 0 Å². The third kappa shape index (κ3) is 5.31. The molecule has 0 saturated carbocycles. The van der Waals surface area contributed by atoms with Crippen LogP contribution in [0.4, 0.5) is 0 Å². The second kappa shape index (κ2) is 13.1. The molecule has 11 aromatic rings. The average molecular weight is 720 g/mol. The molecule has 0 fully saturated rings. The third-order valence-electron chi connectivity index (χ3n) is 10.7. The van der Waals surface area contributed by atoms with Crippen LogP contribution in [0.1, 0.15) is 6.85 Å². The lowest BCUT2D eigenvalue weighted by Gasteiger charge is -2.10. The maximum atomic E-state index is 8.84. The van der Waals surface area contributed by atoms with Crippen molar-refractivity contribution in [3.05, 3.63) is 206 Å². The summed E-state index contributed by atoms with van der Waals surface area (Å²) in [6, 6.07) is 54.5. The summed E-state index contributed by atoms with van der Waals surface area (Å²) in [5, 5.41) is 3.96. The smallest absolute Gasteiger partial charge is 0.234 e. The first-order valence-corrected chi connectivity index (χ1v) is 18.6. The van der Waals surface area contributed by atoms with E-state index in [1.807, 2.05) is 60.9 Å². The Morgan fingerprint density at radius 1 is 0.339 bits per heavy atom. The molecule has 0 amide bonds. The lowest BCUT2D eigenvalue weighted by Crippen LogP contribution is -2.00. The van der Waals surface area contributed by atoms with Crippen LogP contribution >= 0.6 is 0 Å². The van der Waals surface area contributed by atoms with E-state index in [2.05, 4.69) is 120 Å². The lowest BCUT2D eigenvalue weighted by atomic mass is 9.98. The Balaban J connectivity index is 0.965. The van der Waals surface area contributed by atoms with Crippen LogP contribution < -0.4 is 0 Å². The quantitative estimate of drug-likeness (QED) is 0.171. The summed E-state index contributed by atoms with van der Waals surface area (Å²) in [4.78, 5) is 9.82. The molecule has 0 unspecified atom stereocenters. The summed E-state index contributed by atoms with van der Waals surface area (Å²) in [7, 11) is 0. The Hall–Kier alpha value is -7.56. The highest BCUT2D eigenvalue weighted by Crippen LogP contribution is 2.38. The predicted octanol–water partition coefficient (Wildman–Crippen LogP) is 13.3. The lowest BCUT2D eigenvalue weighted by molar-refractivity contribution is 0.990. The molecular formula is C52H34N4. The SMILES string of the molecule is [2H]c1c([2H])c([2H])c(-n2c3ccccc3c3ccc(-c4ccc5c(c4)c4ccccc4n5-c4ncc(-c5ccc(-c6cccc(-c7ccccc7)c6)cc5)cn4)cc32)c([2H])c1[2H]. The molecule has 4 heteroatoms. The summed E-state index contributed by atoms with van der Waals surface area (Å²) in [5.74, 6) is 0.571. The van der Waals surface area contributed by atoms with E-state index in [1.54, 1.807) is 4.57 Å². The number of aromatic nitrogens is 4. The minimum absolute atomic E-state index is 0.126. The molecule has 0 aliphatic heterocycles. The number of hydrogen-bond acceptors (Lipinski definition) is 2. The first-order valence-electron chi connectivity index (χ1n) is 21.1. The molecule has 8 aromatic carbocycles. The van der Waals surface area contributed by atoms with Crippen LogP contribution in [0.15, 0.2) is 206 Å². The van der Waals surface area contributed by atoms with E-state index in [0.29, 0.717) is 5.95 Å². The van der Waals surface area contributed by atoms with Crippen molar-refractivity contribution >= 4 is 43.6 Å². The zero-order chi connectivity index (χ0) is 41.4. The van der Waals surface area contributed by atoms with Crippen LogP contribution in [0.25, 0.3) is 99.8 Å². The van der Waals surface area contributed by atoms with Crippen LogP contribution in [-0.4, -0.2) is 19.1 Å². The van der Waals surface area contributed by atoms with E-state index in [9.17, 15) is 0 Å². The highest BCUT2D eigenvalue weighted by atomic mass is 15.1. The van der Waals surface area contributed by atoms with Crippen molar-refractivity contribution in [2.45, 2.75) is 0 Å². The fourth-order valence-corrected chi connectivity index (χ4v) is 8.06. The van der Waals surface area contributed by atoms with Crippen molar-refractivity contribution in [3.63, 3.8) is 0 Å². The molecule has 0 radical (unpaired) electrons. The van der Waals surface area contributed by atoms with E-state index >= 15 is 0 Å². The van der Waals surface area contributed by atoms with Crippen LogP contribution in [0.3, 0.4) is 0 Å². The summed E-state index contributed by atoms with van der Waals surface area (Å²) < 4.78 is 46.6. The van der Waals surface area contributed by atoms with Crippen molar-refractivity contribution in [2.24, 2.45) is 0 Å². The molecule has 0 atom stereocenters. The van der Waals surface area contributed by atoms with Gasteiger partial charge in [0.25, 0.3) is 0 Å². The number of hydrogen-bond donors (Lipinski definition) is 0. The number of rotatable bonds is 6. The van der Waals surface area contributed by atoms with Gasteiger partial charge >= 0.3 is 0 Å². The van der Waals surface area contributed by atoms with Gasteiger partial charge in [0.15, 0.2) is 0 Å². The maximum absolute atomic E-state index is 8.84. The van der Waals surface area contributed by atoms with Crippen molar-refractivity contribution in [1.29, 1.82) is 0 Å². The Bertz CT molecular complexity index is 3490. The maximum Gasteiger partial charge on any atom is 0.234 e. The van der Waals surface area contributed by atoms with Gasteiger partial charge in [0, 0.05) is 45.2 Å². The van der Waals surface area contributed by atoms with Gasteiger partial charge in [-0.15, -0.1) is 0 Å². The van der Waals surface area contributed by atoms with Crippen LogP contribution in [0.5, 0.6) is 0 Å². The zero-order valence-electron chi connectivity index (χ0n) is 35.0. The second-order valence-electron chi connectivity index (χ2n) is 13.9. The minimum atomic E-state index is -0.416. The van der Waals surface area contributed by atoms with E-state index in [-0.39, 0.29) is 29.9 Å². The van der Waals surface area contributed by atoms with Crippen molar-refractivity contribution in [3.8, 4) is 56.1 Å². The molecule has 0 N–H and O–H groups in total. The molecule has 4 nitrogen and oxygen atoms in total. The molecule has 11 rings (SSSR count). The highest BCUT2D eigenvalue weighted by Gasteiger charge is 2.17. The second-order valence-corrected chi connectivity index (χ2v) is 13.9. The molecule has 3 heterocycles. The van der Waals surface area contributed by atoms with Crippen molar-refractivity contribution in [1.82, 2.24) is 19.1 Å². The zero-order valence-corrected chi connectivity index (χ0v) is 30.0. The fraction of sp³-hybridized carbons (Fsp3) is 0. The summed E-state index contributed by atoms with van der Waals surface area (Å²) in [6.07, 6.45) is 3.76. The van der Waals surface area contributed by atoms with E-state index in [4.69, 9.17) is 16.8 Å². The van der Waals surface area contributed by atoms with E-state index in [0.717, 1.165) is 77.0 Å². The normalized spacial score (nSPS) is 12.8. The fourth-order valence-electron chi connectivity index (χ4n) is 8.06. The Labute approximate surface area is 331 Å². The number of nitrogens with zero attached hydrogens (tertiary/aromatic N) is 4. The van der Waals surface area contributed by atoms with Gasteiger partial charge in [-0.3, -0.25) is 4.57 Å².